The van der Waals surface area contributed by atoms with Crippen molar-refractivity contribution in [3.63, 3.8) is 0 Å². The van der Waals surface area contributed by atoms with E-state index in [1.165, 1.54) is 37.7 Å². The molecule has 0 bridgehead atoms. The zero-order valence-electron chi connectivity index (χ0n) is 26.3. The van der Waals surface area contributed by atoms with Crippen LogP contribution >= 0.6 is 0 Å². The van der Waals surface area contributed by atoms with Crippen LogP contribution in [0.1, 0.15) is 76.7 Å². The largest absolute Gasteiger partial charge is 0.342 e. The number of para-hydroxylation sites is 2. The van der Waals surface area contributed by atoms with Crippen molar-refractivity contribution in [1.29, 1.82) is 0 Å². The minimum absolute atomic E-state index is 0.0833. The zero-order chi connectivity index (χ0) is 30.4. The van der Waals surface area contributed by atoms with E-state index in [9.17, 15) is 9.59 Å². The lowest BCUT2D eigenvalue weighted by molar-refractivity contribution is -0.162. The van der Waals surface area contributed by atoms with Crippen LogP contribution in [0.15, 0.2) is 84.9 Å². The molecule has 6 rings (SSSR count). The van der Waals surface area contributed by atoms with Gasteiger partial charge in [0.15, 0.2) is 0 Å². The molecule has 1 spiro atoms. The van der Waals surface area contributed by atoms with Crippen molar-refractivity contribution < 1.29 is 9.59 Å². The molecule has 1 aliphatic carbocycles. The van der Waals surface area contributed by atoms with Crippen LogP contribution in [0.4, 0.5) is 17.1 Å². The van der Waals surface area contributed by atoms with Gasteiger partial charge in [0.25, 0.3) is 0 Å². The Kier molecular flexibility index (Phi) is 9.66. The van der Waals surface area contributed by atoms with Gasteiger partial charge in [-0.15, -0.1) is 0 Å². The number of carbonyl (C=O) groups excluding carboxylic acids is 2. The van der Waals surface area contributed by atoms with Gasteiger partial charge in [0, 0.05) is 43.2 Å². The number of likely N-dealkylation sites (tertiary alicyclic amines) is 1. The molecule has 232 valence electrons. The molecule has 2 amide bonds. The molecule has 1 atom stereocenters. The second kappa shape index (κ2) is 14.0. The molecular weight excluding hydrogens is 544 g/mol. The minimum atomic E-state index is -0.707. The number of benzene rings is 3. The summed E-state index contributed by atoms with van der Waals surface area (Å²) in [6.45, 7) is 5.29. The molecule has 0 aromatic heterocycles. The van der Waals surface area contributed by atoms with E-state index >= 15 is 0 Å². The topological polar surface area (TPSA) is 55.9 Å². The van der Waals surface area contributed by atoms with Crippen molar-refractivity contribution in [3.05, 3.63) is 90.5 Å². The maximum absolute atomic E-state index is 13.9. The molecule has 3 fully saturated rings. The Morgan fingerprint density at radius 2 is 1.39 bits per heavy atom. The lowest BCUT2D eigenvalue weighted by atomic mass is 9.79. The number of rotatable bonds is 10. The van der Waals surface area contributed by atoms with Gasteiger partial charge in [-0.05, 0) is 73.6 Å². The van der Waals surface area contributed by atoms with Crippen molar-refractivity contribution in [2.75, 3.05) is 24.5 Å². The first-order valence-corrected chi connectivity index (χ1v) is 16.9. The summed E-state index contributed by atoms with van der Waals surface area (Å²) < 4.78 is 0. The number of anilines is 3. The quantitative estimate of drug-likeness (QED) is 0.264. The predicted molar refractivity (Wildman–Crippen MR) is 178 cm³/mol. The van der Waals surface area contributed by atoms with Crippen LogP contribution < -0.4 is 10.2 Å². The summed E-state index contributed by atoms with van der Waals surface area (Å²) in [4.78, 5) is 34.4. The molecule has 44 heavy (non-hydrogen) atoms. The van der Waals surface area contributed by atoms with Crippen LogP contribution in [0.25, 0.3) is 0 Å². The Morgan fingerprint density at radius 3 is 1.98 bits per heavy atom. The van der Waals surface area contributed by atoms with E-state index in [2.05, 4.69) is 94.8 Å². The lowest BCUT2D eigenvalue weighted by Crippen LogP contribution is -2.73. The summed E-state index contributed by atoms with van der Waals surface area (Å²) in [6, 6.07) is 29.4. The Labute approximate surface area is 263 Å². The third-order valence-electron chi connectivity index (χ3n) is 10.2. The van der Waals surface area contributed by atoms with Crippen molar-refractivity contribution in [1.82, 2.24) is 15.1 Å². The zero-order valence-corrected chi connectivity index (χ0v) is 26.3. The van der Waals surface area contributed by atoms with Gasteiger partial charge in [-0.3, -0.25) is 14.5 Å². The van der Waals surface area contributed by atoms with E-state index in [0.717, 1.165) is 56.0 Å². The molecule has 3 aromatic rings. The van der Waals surface area contributed by atoms with Crippen LogP contribution in [0.5, 0.6) is 0 Å². The molecule has 2 saturated heterocycles. The summed E-state index contributed by atoms with van der Waals surface area (Å²) in [7, 11) is 0. The van der Waals surface area contributed by atoms with Crippen molar-refractivity contribution >= 4 is 28.9 Å². The highest BCUT2D eigenvalue weighted by atomic mass is 16.2. The fraction of sp³-hybridized carbons (Fsp3) is 0.474. The molecule has 6 heteroatoms. The normalized spacial score (nSPS) is 20.9. The fourth-order valence-electron chi connectivity index (χ4n) is 7.62. The van der Waals surface area contributed by atoms with Crippen molar-refractivity contribution in [2.24, 2.45) is 5.92 Å². The molecular formula is C38H48N4O2. The second-order valence-corrected chi connectivity index (χ2v) is 13.1. The van der Waals surface area contributed by atoms with Crippen molar-refractivity contribution in [2.45, 2.75) is 89.3 Å². The summed E-state index contributed by atoms with van der Waals surface area (Å²) in [5, 5.41) is 3.24. The molecule has 2 heterocycles. The van der Waals surface area contributed by atoms with Crippen LogP contribution in [0, 0.1) is 5.92 Å². The van der Waals surface area contributed by atoms with E-state index in [0.29, 0.717) is 25.3 Å². The number of hydrogen-bond acceptors (Lipinski definition) is 4. The van der Waals surface area contributed by atoms with Gasteiger partial charge in [-0.25, -0.2) is 0 Å². The summed E-state index contributed by atoms with van der Waals surface area (Å²) in [5.74, 6) is 0.801. The Bertz CT molecular complexity index is 1320. The van der Waals surface area contributed by atoms with E-state index in [1.807, 2.05) is 17.0 Å². The summed E-state index contributed by atoms with van der Waals surface area (Å²) in [6.07, 6.45) is 10.3. The van der Waals surface area contributed by atoms with Gasteiger partial charge in [-0.2, -0.15) is 0 Å². The molecule has 0 radical (unpaired) electrons. The number of nitrogens with zero attached hydrogens (tertiary/aromatic N) is 3. The highest BCUT2D eigenvalue weighted by molar-refractivity contribution is 6.00. The number of piperidine rings is 1. The maximum Gasteiger partial charge on any atom is 0.246 e. The predicted octanol–water partition coefficient (Wildman–Crippen LogP) is 7.59. The first-order chi connectivity index (χ1) is 21.6. The molecule has 3 aromatic carbocycles. The first-order valence-electron chi connectivity index (χ1n) is 16.9. The maximum atomic E-state index is 13.9. The Morgan fingerprint density at radius 1 is 0.795 bits per heavy atom. The molecule has 6 nitrogen and oxygen atoms in total. The molecule has 1 unspecified atom stereocenters. The minimum Gasteiger partial charge on any atom is -0.342 e. The van der Waals surface area contributed by atoms with Crippen LogP contribution in [0.3, 0.4) is 0 Å². The average molecular weight is 593 g/mol. The van der Waals surface area contributed by atoms with E-state index in [4.69, 9.17) is 0 Å². The number of amides is 2. The van der Waals surface area contributed by atoms with Crippen LogP contribution in [0.2, 0.25) is 0 Å². The monoisotopic (exact) mass is 592 g/mol. The van der Waals surface area contributed by atoms with Gasteiger partial charge < -0.3 is 15.1 Å². The SMILES string of the molecule is CCCCN1C(=O)C(CC2CCCCC2)NC(=O)C12CCN(Cc1ccc(N(c3ccccc3)c3ccccc3)cc1)CC2. The average Bonchev–Trinajstić information content (AvgIpc) is 3.07. The van der Waals surface area contributed by atoms with Crippen LogP contribution in [-0.2, 0) is 16.1 Å². The smallest absolute Gasteiger partial charge is 0.246 e. The Hall–Kier alpha value is -3.64. The van der Waals surface area contributed by atoms with Gasteiger partial charge in [0.1, 0.15) is 11.6 Å². The third-order valence-corrected chi connectivity index (χ3v) is 10.2. The van der Waals surface area contributed by atoms with E-state index in [1.54, 1.807) is 0 Å². The standard InChI is InChI=1S/C38H48N4O2/c1-2-3-25-41-36(43)35(28-30-13-7-4-8-14-30)39-37(44)38(41)23-26-40(27-24-38)29-31-19-21-34(22-20-31)42(32-15-9-5-10-16-32)33-17-11-6-12-18-33/h5-6,9-12,15-22,30,35H,2-4,7-8,13-14,23-29H2,1H3,(H,39,44). The lowest BCUT2D eigenvalue weighted by Gasteiger charge is -2.52. The number of unbranched alkanes of at least 4 members (excludes halogenated alkanes) is 1. The van der Waals surface area contributed by atoms with Crippen molar-refractivity contribution in [3.8, 4) is 0 Å². The molecule has 1 N–H and O–H groups in total. The highest BCUT2D eigenvalue weighted by Crippen LogP contribution is 2.37. The third kappa shape index (κ3) is 6.56. The number of piperazine rings is 1. The fourth-order valence-corrected chi connectivity index (χ4v) is 7.62. The van der Waals surface area contributed by atoms with Gasteiger partial charge in [-0.1, -0.05) is 94.0 Å². The number of hydrogen-bond donors (Lipinski definition) is 1. The molecule has 3 aliphatic rings. The number of nitrogens with one attached hydrogen (secondary N) is 1. The van der Waals surface area contributed by atoms with Gasteiger partial charge >= 0.3 is 0 Å². The molecule has 2 aliphatic heterocycles. The summed E-state index contributed by atoms with van der Waals surface area (Å²) >= 11 is 0. The van der Waals surface area contributed by atoms with E-state index in [-0.39, 0.29) is 17.9 Å². The second-order valence-electron chi connectivity index (χ2n) is 13.1. The number of carbonyl (C=O) groups is 2. The highest BCUT2D eigenvalue weighted by Gasteiger charge is 2.53. The first kappa shape index (κ1) is 30.4. The van der Waals surface area contributed by atoms with E-state index < -0.39 is 5.54 Å². The van der Waals surface area contributed by atoms with Crippen LogP contribution in [-0.4, -0.2) is 52.8 Å². The van der Waals surface area contributed by atoms with Gasteiger partial charge in [0.05, 0.1) is 0 Å². The molecule has 1 saturated carbocycles. The Balaban J connectivity index is 1.12. The van der Waals surface area contributed by atoms with Gasteiger partial charge in [0.2, 0.25) is 11.8 Å². The summed E-state index contributed by atoms with van der Waals surface area (Å²) in [5.41, 5.74) is 3.92.